The van der Waals surface area contributed by atoms with Crippen LogP contribution in [-0.4, -0.2) is 30.1 Å². The summed E-state index contributed by atoms with van der Waals surface area (Å²) < 4.78 is 5.13. The highest BCUT2D eigenvalue weighted by atomic mass is 16.5. The van der Waals surface area contributed by atoms with Crippen LogP contribution in [0.5, 0.6) is 5.75 Å². The Hall–Kier alpha value is -2.24. The molecule has 6 heteroatoms. The number of carboxylic acid groups (broad SMARTS) is 1. The molecule has 0 atom stereocenters. The highest BCUT2D eigenvalue weighted by Gasteiger charge is 2.14. The fraction of sp³-hybridized carbons (Fsp3) is 0.273. The second-order valence-electron chi connectivity index (χ2n) is 3.27. The van der Waals surface area contributed by atoms with Crippen LogP contribution in [0.1, 0.15) is 17.3 Å². The largest absolute Gasteiger partial charge is 0.481 e. The third-order valence-corrected chi connectivity index (χ3v) is 2.00. The summed E-state index contributed by atoms with van der Waals surface area (Å²) in [6.07, 6.45) is 0. The molecule has 0 aliphatic heterocycles. The lowest BCUT2D eigenvalue weighted by atomic mass is 10.2. The van der Waals surface area contributed by atoms with Crippen molar-refractivity contribution in [1.29, 1.82) is 0 Å². The smallest absolute Gasteiger partial charge is 0.339 e. The summed E-state index contributed by atoms with van der Waals surface area (Å²) in [5.41, 5.74) is 5.73. The van der Waals surface area contributed by atoms with Crippen molar-refractivity contribution in [1.82, 2.24) is 5.32 Å². The van der Waals surface area contributed by atoms with Crippen LogP contribution in [-0.2, 0) is 4.79 Å². The molecule has 0 bridgehead atoms. The highest BCUT2D eigenvalue weighted by Crippen LogP contribution is 2.26. The van der Waals surface area contributed by atoms with Crippen LogP contribution < -0.4 is 15.8 Å². The van der Waals surface area contributed by atoms with Crippen molar-refractivity contribution in [2.45, 2.75) is 6.92 Å². The molecule has 0 aliphatic rings. The number of carbonyl (C=O) groups excluding carboxylic acids is 1. The number of amides is 1. The quantitative estimate of drug-likeness (QED) is 0.648. The number of hydrogen-bond acceptors (Lipinski definition) is 4. The minimum absolute atomic E-state index is 0.0197. The first kappa shape index (κ1) is 12.8. The van der Waals surface area contributed by atoms with Crippen molar-refractivity contribution in [2.75, 3.05) is 18.9 Å². The number of hydrogen-bond donors (Lipinski definition) is 3. The number of carboxylic acids is 1. The van der Waals surface area contributed by atoms with Gasteiger partial charge in [-0.3, -0.25) is 4.79 Å². The van der Waals surface area contributed by atoms with Gasteiger partial charge in [0, 0.05) is 6.54 Å². The van der Waals surface area contributed by atoms with Gasteiger partial charge in [0.25, 0.3) is 5.91 Å². The summed E-state index contributed by atoms with van der Waals surface area (Å²) in [5.74, 6) is -1.46. The van der Waals surface area contributed by atoms with Crippen molar-refractivity contribution in [2.24, 2.45) is 0 Å². The molecule has 0 heterocycles. The Morgan fingerprint density at radius 1 is 1.47 bits per heavy atom. The van der Waals surface area contributed by atoms with Gasteiger partial charge in [-0.2, -0.15) is 0 Å². The number of likely N-dealkylation sites (N-methyl/N-ethyl adjacent to an activating group) is 1. The average Bonchev–Trinajstić information content (AvgIpc) is 2.27. The minimum Gasteiger partial charge on any atom is -0.481 e. The standard InChI is InChI=1S/C11H14N2O4/c1-2-13-9(14)6-17-10-7(11(15)16)4-3-5-8(10)12/h3-5H,2,6,12H2,1H3,(H,13,14)(H,15,16). The molecule has 0 saturated heterocycles. The van der Waals surface area contributed by atoms with E-state index in [4.69, 9.17) is 15.6 Å². The Bertz CT molecular complexity index is 431. The van der Waals surface area contributed by atoms with Gasteiger partial charge in [-0.05, 0) is 19.1 Å². The number of nitrogens with two attached hydrogens (primary N) is 1. The number of benzene rings is 1. The van der Waals surface area contributed by atoms with E-state index in [9.17, 15) is 9.59 Å². The maximum atomic E-state index is 11.2. The molecule has 6 nitrogen and oxygen atoms in total. The van der Waals surface area contributed by atoms with Gasteiger partial charge in [-0.1, -0.05) is 6.07 Å². The highest BCUT2D eigenvalue weighted by molar-refractivity contribution is 5.93. The molecule has 0 unspecified atom stereocenters. The zero-order chi connectivity index (χ0) is 12.8. The van der Waals surface area contributed by atoms with E-state index in [1.165, 1.54) is 18.2 Å². The number of para-hydroxylation sites is 1. The van der Waals surface area contributed by atoms with Gasteiger partial charge in [0.1, 0.15) is 5.56 Å². The van der Waals surface area contributed by atoms with Gasteiger partial charge < -0.3 is 20.9 Å². The number of carbonyl (C=O) groups is 2. The first-order valence-corrected chi connectivity index (χ1v) is 5.07. The van der Waals surface area contributed by atoms with E-state index < -0.39 is 5.97 Å². The topological polar surface area (TPSA) is 102 Å². The molecule has 1 aromatic carbocycles. The maximum absolute atomic E-state index is 11.2. The monoisotopic (exact) mass is 238 g/mol. The molecule has 0 saturated carbocycles. The number of anilines is 1. The summed E-state index contributed by atoms with van der Waals surface area (Å²) >= 11 is 0. The van der Waals surface area contributed by atoms with Crippen LogP contribution in [0.3, 0.4) is 0 Å². The van der Waals surface area contributed by atoms with Gasteiger partial charge in [0.2, 0.25) is 0 Å². The first-order chi connectivity index (χ1) is 8.06. The van der Waals surface area contributed by atoms with E-state index in [1.54, 1.807) is 6.92 Å². The summed E-state index contributed by atoms with van der Waals surface area (Å²) in [4.78, 5) is 22.1. The van der Waals surface area contributed by atoms with Crippen molar-refractivity contribution < 1.29 is 19.4 Å². The van der Waals surface area contributed by atoms with Crippen LogP contribution in [0.15, 0.2) is 18.2 Å². The van der Waals surface area contributed by atoms with E-state index in [0.717, 1.165) is 0 Å². The van der Waals surface area contributed by atoms with E-state index in [1.807, 2.05) is 0 Å². The van der Waals surface area contributed by atoms with Gasteiger partial charge in [-0.15, -0.1) is 0 Å². The fourth-order valence-corrected chi connectivity index (χ4v) is 1.27. The number of rotatable bonds is 5. The molecule has 0 fully saturated rings. The number of aromatic carboxylic acids is 1. The van der Waals surface area contributed by atoms with E-state index in [-0.39, 0.29) is 29.5 Å². The fourth-order valence-electron chi connectivity index (χ4n) is 1.27. The summed E-state index contributed by atoms with van der Waals surface area (Å²) in [7, 11) is 0. The van der Waals surface area contributed by atoms with Gasteiger partial charge >= 0.3 is 5.97 Å². The molecule has 17 heavy (non-hydrogen) atoms. The van der Waals surface area contributed by atoms with Gasteiger partial charge in [0.05, 0.1) is 5.69 Å². The van der Waals surface area contributed by atoms with E-state index in [0.29, 0.717) is 6.54 Å². The third-order valence-electron chi connectivity index (χ3n) is 2.00. The lowest BCUT2D eigenvalue weighted by molar-refractivity contribution is -0.122. The molecular formula is C11H14N2O4. The van der Waals surface area contributed by atoms with Crippen LogP contribution >= 0.6 is 0 Å². The summed E-state index contributed by atoms with van der Waals surface area (Å²) in [5, 5.41) is 11.5. The molecule has 92 valence electrons. The lowest BCUT2D eigenvalue weighted by Crippen LogP contribution is -2.28. The minimum atomic E-state index is -1.15. The van der Waals surface area contributed by atoms with E-state index >= 15 is 0 Å². The number of nitrogens with one attached hydrogen (secondary N) is 1. The number of ether oxygens (including phenoxy) is 1. The maximum Gasteiger partial charge on any atom is 0.339 e. The number of nitrogen functional groups attached to an aromatic ring is 1. The van der Waals surface area contributed by atoms with Crippen LogP contribution in [0.25, 0.3) is 0 Å². The van der Waals surface area contributed by atoms with Gasteiger partial charge in [-0.25, -0.2) is 4.79 Å². The Morgan fingerprint density at radius 3 is 2.76 bits per heavy atom. The molecule has 0 radical (unpaired) electrons. The van der Waals surface area contributed by atoms with E-state index in [2.05, 4.69) is 5.32 Å². The van der Waals surface area contributed by atoms with Crippen molar-refractivity contribution >= 4 is 17.6 Å². The molecule has 1 aromatic rings. The van der Waals surface area contributed by atoms with Crippen LogP contribution in [0.2, 0.25) is 0 Å². The predicted molar refractivity (Wildman–Crippen MR) is 62.0 cm³/mol. The zero-order valence-electron chi connectivity index (χ0n) is 9.40. The Balaban J connectivity index is 2.82. The Kier molecular flexibility index (Phi) is 4.33. The third kappa shape index (κ3) is 3.37. The Morgan fingerprint density at radius 2 is 2.18 bits per heavy atom. The van der Waals surface area contributed by atoms with Crippen LogP contribution in [0.4, 0.5) is 5.69 Å². The van der Waals surface area contributed by atoms with Crippen molar-refractivity contribution in [3.8, 4) is 5.75 Å². The molecule has 0 aliphatic carbocycles. The second kappa shape index (κ2) is 5.74. The zero-order valence-corrected chi connectivity index (χ0v) is 9.40. The average molecular weight is 238 g/mol. The lowest BCUT2D eigenvalue weighted by Gasteiger charge is -2.11. The second-order valence-corrected chi connectivity index (χ2v) is 3.27. The summed E-state index contributed by atoms with van der Waals surface area (Å²) in [6.45, 7) is 2.00. The van der Waals surface area contributed by atoms with Crippen LogP contribution in [0, 0.1) is 0 Å². The summed E-state index contributed by atoms with van der Waals surface area (Å²) in [6, 6.07) is 4.39. The SMILES string of the molecule is CCNC(=O)COc1c(N)cccc1C(=O)O. The molecule has 0 spiro atoms. The normalized spacial score (nSPS) is 9.71. The molecule has 0 aromatic heterocycles. The molecule has 4 N–H and O–H groups in total. The molecule has 1 amide bonds. The molecule has 1 rings (SSSR count). The van der Waals surface area contributed by atoms with Gasteiger partial charge in [0.15, 0.2) is 12.4 Å². The first-order valence-electron chi connectivity index (χ1n) is 5.07. The van der Waals surface area contributed by atoms with Crippen molar-refractivity contribution in [3.63, 3.8) is 0 Å². The van der Waals surface area contributed by atoms with Crippen molar-refractivity contribution in [3.05, 3.63) is 23.8 Å². The predicted octanol–water partition coefficient (Wildman–Crippen LogP) is 0.482. The Labute approximate surface area is 98.4 Å². The molecular weight excluding hydrogens is 224 g/mol.